The van der Waals surface area contributed by atoms with Crippen molar-refractivity contribution < 1.29 is 9.50 Å². The molecule has 1 fully saturated rings. The molecule has 5 heterocycles. The van der Waals surface area contributed by atoms with Gasteiger partial charge in [0.15, 0.2) is 5.65 Å². The number of benzene rings is 2. The third-order valence-corrected chi connectivity index (χ3v) is 8.28. The number of hydrogen-bond donors (Lipinski definition) is 1. The molecule has 2 aromatic carbocycles. The molecule has 5 aromatic rings. The fourth-order valence-corrected chi connectivity index (χ4v) is 5.97. The molecule has 210 valence electrons. The Morgan fingerprint density at radius 3 is 2.37 bits per heavy atom. The molecule has 3 aromatic heterocycles. The van der Waals surface area contributed by atoms with Crippen molar-refractivity contribution in [2.45, 2.75) is 44.6 Å². The van der Waals surface area contributed by atoms with Crippen LogP contribution >= 0.6 is 0 Å². The standard InChI is InChI=1S/C30H31FN8O2/c1-35-17-22-14-33-38(27(22)18-35)24-6-2-21(3-7-24)16-36-12-10-30(41,11-13-36)19-37-20-32-28-26(29(37)40)15-34-39(28)25-8-4-23(31)5-9-25/h2-9,14-15,20,41H,10-13,16-19H2,1H3. The fraction of sp³-hybridized carbons (Fsp3) is 0.333. The number of rotatable bonds is 6. The molecular formula is C30H31FN8O2. The third kappa shape index (κ3) is 4.86. The molecule has 0 unspecified atom stereocenters. The van der Waals surface area contributed by atoms with Gasteiger partial charge in [-0.05, 0) is 61.9 Å². The van der Waals surface area contributed by atoms with Gasteiger partial charge in [0.05, 0.1) is 41.6 Å². The van der Waals surface area contributed by atoms with Gasteiger partial charge in [-0.2, -0.15) is 10.2 Å². The number of aromatic nitrogens is 6. The van der Waals surface area contributed by atoms with Crippen LogP contribution in [0.15, 0.2) is 72.0 Å². The monoisotopic (exact) mass is 554 g/mol. The average Bonchev–Trinajstić information content (AvgIpc) is 3.67. The number of likely N-dealkylation sites (tertiary alicyclic amines) is 1. The van der Waals surface area contributed by atoms with Crippen molar-refractivity contribution in [1.29, 1.82) is 0 Å². The minimum absolute atomic E-state index is 0.169. The summed E-state index contributed by atoms with van der Waals surface area (Å²) in [5.41, 5.74) is 4.58. The zero-order valence-electron chi connectivity index (χ0n) is 22.8. The quantitative estimate of drug-likeness (QED) is 0.345. The van der Waals surface area contributed by atoms with E-state index in [1.807, 2.05) is 10.9 Å². The van der Waals surface area contributed by atoms with Gasteiger partial charge in [-0.1, -0.05) is 12.1 Å². The Labute approximate surface area is 235 Å². The maximum absolute atomic E-state index is 13.3. The molecule has 11 heteroatoms. The Balaban J connectivity index is 0.994. The van der Waals surface area contributed by atoms with Gasteiger partial charge in [0.25, 0.3) is 5.56 Å². The van der Waals surface area contributed by atoms with Gasteiger partial charge in [-0.15, -0.1) is 0 Å². The number of piperidine rings is 1. The van der Waals surface area contributed by atoms with Crippen LogP contribution < -0.4 is 5.56 Å². The van der Waals surface area contributed by atoms with E-state index < -0.39 is 5.60 Å². The number of fused-ring (bicyclic) bond motifs is 2. The Hall–Kier alpha value is -4.19. The van der Waals surface area contributed by atoms with Crippen LogP contribution in [-0.4, -0.2) is 69.8 Å². The highest BCUT2D eigenvalue weighted by Gasteiger charge is 2.33. The molecule has 0 atom stereocenters. The Morgan fingerprint density at radius 1 is 0.927 bits per heavy atom. The Morgan fingerprint density at radius 2 is 1.61 bits per heavy atom. The Kier molecular flexibility index (Phi) is 6.29. The van der Waals surface area contributed by atoms with E-state index in [1.165, 1.54) is 50.7 Å². The summed E-state index contributed by atoms with van der Waals surface area (Å²) in [5, 5.41) is 20.6. The first-order valence-corrected chi connectivity index (χ1v) is 13.8. The highest BCUT2D eigenvalue weighted by atomic mass is 19.1. The molecular weight excluding hydrogens is 523 g/mol. The average molecular weight is 555 g/mol. The highest BCUT2D eigenvalue weighted by molar-refractivity contribution is 5.74. The summed E-state index contributed by atoms with van der Waals surface area (Å²) in [6, 6.07) is 14.4. The largest absolute Gasteiger partial charge is 0.388 e. The van der Waals surface area contributed by atoms with Crippen LogP contribution in [0.4, 0.5) is 4.39 Å². The summed E-state index contributed by atoms with van der Waals surface area (Å²) >= 11 is 0. The van der Waals surface area contributed by atoms with Crippen LogP contribution in [0, 0.1) is 5.82 Å². The van der Waals surface area contributed by atoms with Crippen molar-refractivity contribution in [2.75, 3.05) is 20.1 Å². The lowest BCUT2D eigenvalue weighted by Gasteiger charge is -2.38. The molecule has 1 N–H and O–H groups in total. The van der Waals surface area contributed by atoms with E-state index in [-0.39, 0.29) is 17.9 Å². The second kappa shape index (κ2) is 10.0. The van der Waals surface area contributed by atoms with Crippen LogP contribution in [-0.2, 0) is 26.2 Å². The first-order chi connectivity index (χ1) is 19.8. The molecule has 41 heavy (non-hydrogen) atoms. The highest BCUT2D eigenvalue weighted by Crippen LogP contribution is 2.27. The summed E-state index contributed by atoms with van der Waals surface area (Å²) in [4.78, 5) is 22.3. The first-order valence-electron chi connectivity index (χ1n) is 13.8. The second-order valence-corrected chi connectivity index (χ2v) is 11.3. The van der Waals surface area contributed by atoms with E-state index in [0.717, 1.165) is 38.4 Å². The zero-order valence-corrected chi connectivity index (χ0v) is 22.8. The molecule has 2 aliphatic rings. The van der Waals surface area contributed by atoms with Gasteiger partial charge < -0.3 is 5.11 Å². The maximum Gasteiger partial charge on any atom is 0.264 e. The maximum atomic E-state index is 13.3. The lowest BCUT2D eigenvalue weighted by Crippen LogP contribution is -2.47. The van der Waals surface area contributed by atoms with E-state index >= 15 is 0 Å². The van der Waals surface area contributed by atoms with E-state index in [4.69, 9.17) is 0 Å². The lowest BCUT2D eigenvalue weighted by atomic mass is 9.91. The predicted octanol–water partition coefficient (Wildman–Crippen LogP) is 2.88. The minimum atomic E-state index is -1.000. The van der Waals surface area contributed by atoms with E-state index in [1.54, 1.807) is 12.1 Å². The number of aliphatic hydroxyl groups is 1. The summed E-state index contributed by atoms with van der Waals surface area (Å²) in [6.45, 7) is 4.27. The van der Waals surface area contributed by atoms with Crippen LogP contribution in [0.25, 0.3) is 22.4 Å². The SMILES string of the molecule is CN1Cc2cnn(-c3ccc(CN4CCC(O)(Cn5cnc6c(cnn6-c6ccc(F)cc6)c5=O)CC4)cc3)c2C1. The van der Waals surface area contributed by atoms with E-state index in [9.17, 15) is 14.3 Å². The second-order valence-electron chi connectivity index (χ2n) is 11.3. The van der Waals surface area contributed by atoms with Gasteiger partial charge in [0.1, 0.15) is 17.5 Å². The van der Waals surface area contributed by atoms with Crippen molar-refractivity contribution >= 4 is 11.0 Å². The van der Waals surface area contributed by atoms with Crippen molar-refractivity contribution in [1.82, 2.24) is 38.9 Å². The normalized spacial score (nSPS) is 17.3. The van der Waals surface area contributed by atoms with E-state index in [2.05, 4.69) is 56.3 Å². The van der Waals surface area contributed by atoms with Gasteiger partial charge >= 0.3 is 0 Å². The summed E-state index contributed by atoms with van der Waals surface area (Å²) in [7, 11) is 2.12. The Bertz CT molecular complexity index is 1770. The smallest absolute Gasteiger partial charge is 0.264 e. The molecule has 2 aliphatic heterocycles. The predicted molar refractivity (Wildman–Crippen MR) is 151 cm³/mol. The third-order valence-electron chi connectivity index (χ3n) is 8.28. The molecule has 0 amide bonds. The lowest BCUT2D eigenvalue weighted by molar-refractivity contribution is -0.0364. The van der Waals surface area contributed by atoms with Crippen molar-refractivity contribution in [2.24, 2.45) is 0 Å². The van der Waals surface area contributed by atoms with Crippen LogP contribution in [0.1, 0.15) is 29.7 Å². The van der Waals surface area contributed by atoms with Gasteiger partial charge in [-0.25, -0.2) is 18.7 Å². The van der Waals surface area contributed by atoms with Crippen LogP contribution in [0.2, 0.25) is 0 Å². The topological polar surface area (TPSA) is 97.2 Å². The molecule has 0 saturated carbocycles. The minimum Gasteiger partial charge on any atom is -0.388 e. The summed E-state index contributed by atoms with van der Waals surface area (Å²) in [5.74, 6) is -0.348. The first kappa shape index (κ1) is 25.8. The summed E-state index contributed by atoms with van der Waals surface area (Å²) in [6.07, 6.45) is 6.01. The molecule has 7 rings (SSSR count). The molecule has 0 spiro atoms. The molecule has 0 bridgehead atoms. The van der Waals surface area contributed by atoms with Crippen molar-refractivity contribution in [3.05, 3.63) is 100 Å². The fourth-order valence-electron chi connectivity index (χ4n) is 5.97. The summed E-state index contributed by atoms with van der Waals surface area (Å²) < 4.78 is 18.3. The number of nitrogens with zero attached hydrogens (tertiary/aromatic N) is 8. The van der Waals surface area contributed by atoms with Crippen molar-refractivity contribution in [3.63, 3.8) is 0 Å². The molecule has 0 radical (unpaired) electrons. The van der Waals surface area contributed by atoms with Gasteiger partial charge in [0, 0.05) is 38.3 Å². The zero-order chi connectivity index (χ0) is 28.1. The molecule has 0 aliphatic carbocycles. The van der Waals surface area contributed by atoms with Crippen LogP contribution in [0.5, 0.6) is 0 Å². The number of hydrogen-bond acceptors (Lipinski definition) is 7. The number of halogens is 1. The van der Waals surface area contributed by atoms with Gasteiger partial charge in [-0.3, -0.25) is 19.2 Å². The van der Waals surface area contributed by atoms with Crippen LogP contribution in [0.3, 0.4) is 0 Å². The van der Waals surface area contributed by atoms with Gasteiger partial charge in [0.2, 0.25) is 0 Å². The molecule has 10 nitrogen and oxygen atoms in total. The molecule has 1 saturated heterocycles. The van der Waals surface area contributed by atoms with E-state index in [0.29, 0.717) is 29.6 Å². The van der Waals surface area contributed by atoms with Crippen molar-refractivity contribution in [3.8, 4) is 11.4 Å².